The highest BCUT2D eigenvalue weighted by molar-refractivity contribution is 7.98. The molecular formula is C63H97N19O25S3. The number of carbonyl (C=O) groups excluding carboxylic acids is 15. The van der Waals surface area contributed by atoms with Gasteiger partial charge in [-0.05, 0) is 81.1 Å². The molecular weight excluding hydrogens is 1520 g/mol. The molecule has 1 aliphatic rings. The van der Waals surface area contributed by atoms with Gasteiger partial charge >= 0.3 is 23.9 Å². The Labute approximate surface area is 644 Å². The van der Waals surface area contributed by atoms with Gasteiger partial charge in [0, 0.05) is 37.4 Å². The first-order valence-corrected chi connectivity index (χ1v) is 36.6. The maximum atomic E-state index is 14.1. The summed E-state index contributed by atoms with van der Waals surface area (Å²) in [6.45, 7) is 1.69. The number of nitrogens with one attached hydrogen (secondary N) is 13. The van der Waals surface area contributed by atoms with E-state index in [2.05, 4.69) is 88.7 Å². The standard InChI is InChI=1S/C63H97N19O25S3/c1-28(2)49(61(105)80-41(27-109)59(103)79-40(26-108)58(102)71-32(7-5-16-68-63(66)67)52(96)77-38(62(106)107)22-48(92)93)81-57(101)39(25-83)78-56(100)37(21-47(90)91)75-53(97)33(13-14-46(88)89)72-54(98)34(15-18-110-4)73-55(99)36(20-43(65)85)74-50(94)29(3)70-44(86)24-69-51(95)35(19-30-9-11-31(84)12-10-30)76-60(104)42-8-6-17-82(42)45(87)23-64/h9-12,28-29,32-42,49,83-84,108-109H,5-8,13-27,64H2,1-4H3,(H2,65,85)(H,69,95)(H,70,86)(H,71,102)(H,72,98)(H,73,99)(H,74,94)(H,75,97)(H,76,104)(H,77,96)(H,78,100)(H,79,103)(H,80,105)(H,81,101)(H,88,89)(H,90,91)(H,92,93)(H,106,107)(H4,66,67,68)/t29-,32-,33-,34-,35-,36-,37-,38-,39-,40-,41-,42-,49-/m0/s1. The molecule has 27 N–H and O–H groups in total. The Hall–Kier alpha value is -10.8. The third-order valence-corrected chi connectivity index (χ3v) is 17.5. The monoisotopic (exact) mass is 1620 g/mol. The number of nitrogens with two attached hydrogens (primary N) is 4. The molecule has 1 aliphatic heterocycles. The summed E-state index contributed by atoms with van der Waals surface area (Å²) in [4.78, 5) is 255. The number of aliphatic hydroxyl groups excluding tert-OH is 1. The number of aromatic hydroxyl groups is 1. The zero-order chi connectivity index (χ0) is 83.2. The van der Waals surface area contributed by atoms with Gasteiger partial charge in [0.15, 0.2) is 5.96 Å². The number of likely N-dealkylation sites (tertiary alicyclic amines) is 1. The van der Waals surface area contributed by atoms with Gasteiger partial charge < -0.3 is 128 Å². The van der Waals surface area contributed by atoms with E-state index in [1.807, 2.05) is 10.6 Å². The number of guanidine groups is 1. The van der Waals surface area contributed by atoms with Crippen LogP contribution in [-0.4, -0.2) is 289 Å². The zero-order valence-corrected chi connectivity index (χ0v) is 62.9. The highest BCUT2D eigenvalue weighted by Gasteiger charge is 2.40. The molecule has 0 aromatic heterocycles. The van der Waals surface area contributed by atoms with Crippen molar-refractivity contribution >= 4 is 155 Å². The molecule has 15 amide bonds. The van der Waals surface area contributed by atoms with Crippen LogP contribution in [-0.2, 0) is 97.5 Å². The van der Waals surface area contributed by atoms with Gasteiger partial charge in [-0.3, -0.25) is 91.3 Å². The van der Waals surface area contributed by atoms with Crippen molar-refractivity contribution in [3.63, 3.8) is 0 Å². The fraction of sp³-hybridized carbons (Fsp3) is 0.587. The molecule has 1 saturated heterocycles. The number of aliphatic imine (C=N–C) groups is 1. The van der Waals surface area contributed by atoms with E-state index in [1.54, 1.807) is 6.26 Å². The Bertz CT molecular complexity index is 3500. The quantitative estimate of drug-likeness (QED) is 0.0125. The predicted octanol–water partition coefficient (Wildman–Crippen LogP) is -10.1. The van der Waals surface area contributed by atoms with Crippen LogP contribution in [0.3, 0.4) is 0 Å². The van der Waals surface area contributed by atoms with E-state index in [9.17, 15) is 117 Å². The summed E-state index contributed by atoms with van der Waals surface area (Å²) in [7, 11) is 0. The highest BCUT2D eigenvalue weighted by atomic mass is 32.2. The molecule has 110 heavy (non-hydrogen) atoms. The Morgan fingerprint density at radius 1 is 0.545 bits per heavy atom. The Morgan fingerprint density at radius 3 is 1.50 bits per heavy atom. The Morgan fingerprint density at radius 2 is 1.01 bits per heavy atom. The first kappa shape index (κ1) is 95.3. The van der Waals surface area contributed by atoms with Crippen molar-refractivity contribution < 1.29 is 122 Å². The van der Waals surface area contributed by atoms with Crippen molar-refractivity contribution in [3.8, 4) is 5.75 Å². The second kappa shape index (κ2) is 48.6. The van der Waals surface area contributed by atoms with E-state index >= 15 is 0 Å². The third kappa shape index (κ3) is 34.2. The number of carbonyl (C=O) groups is 19. The van der Waals surface area contributed by atoms with Gasteiger partial charge in [-0.1, -0.05) is 26.0 Å². The van der Waals surface area contributed by atoms with Gasteiger partial charge in [-0.25, -0.2) is 4.79 Å². The summed E-state index contributed by atoms with van der Waals surface area (Å²) in [6.07, 6.45) is -3.24. The average Bonchev–Trinajstić information content (AvgIpc) is 1.14. The first-order chi connectivity index (χ1) is 51.7. The van der Waals surface area contributed by atoms with E-state index in [-0.39, 0.29) is 69.2 Å². The zero-order valence-electron chi connectivity index (χ0n) is 60.3. The second-order valence-electron chi connectivity index (χ2n) is 25.1. The Kier molecular flexibility index (Phi) is 42.1. The van der Waals surface area contributed by atoms with Crippen molar-refractivity contribution in [2.45, 2.75) is 170 Å². The molecule has 0 bridgehead atoms. The molecule has 47 heteroatoms. The Balaban J connectivity index is 2.29. The summed E-state index contributed by atoms with van der Waals surface area (Å²) in [5, 5.41) is 87.6. The number of benzene rings is 1. The SMILES string of the molecule is CSCC[C@H](NC(=O)[C@H](CC(N)=O)NC(=O)[C@H](C)NC(=O)CNC(=O)[C@H](Cc1ccc(O)cc1)NC(=O)[C@@H]1CCCN1C(=O)CN)C(=O)N[C@@H](CCC(=O)O)C(=O)N[C@@H](CC(=O)O)C(=O)N[C@@H](CO)C(=O)N[C@H](C(=O)N[C@@H](CS)C(=O)N[C@@H](CS)C(=O)N[C@@H](CCCN=C(N)N)C(=O)N[C@@H](CC(=O)O)C(=O)O)C(C)C. The average molecular weight is 1620 g/mol. The minimum atomic E-state index is -2.20. The topological polar surface area (TPSA) is 722 Å². The second-order valence-corrected chi connectivity index (χ2v) is 26.8. The lowest BCUT2D eigenvalue weighted by Crippen LogP contribution is -2.62. The third-order valence-electron chi connectivity index (χ3n) is 16.1. The van der Waals surface area contributed by atoms with Gasteiger partial charge in [-0.15, -0.1) is 0 Å². The molecule has 13 atom stereocenters. The molecule has 0 unspecified atom stereocenters. The van der Waals surface area contributed by atoms with Crippen molar-refractivity contribution in [3.05, 3.63) is 29.8 Å². The van der Waals surface area contributed by atoms with Crippen molar-refractivity contribution in [2.75, 3.05) is 56.3 Å². The van der Waals surface area contributed by atoms with Crippen LogP contribution < -0.4 is 92.1 Å². The maximum absolute atomic E-state index is 14.1. The number of hydrogen-bond acceptors (Lipinski definition) is 26. The minimum absolute atomic E-state index is 0.00489. The molecule has 612 valence electrons. The molecule has 0 aliphatic carbocycles. The fourth-order valence-electron chi connectivity index (χ4n) is 10.3. The van der Waals surface area contributed by atoms with Gasteiger partial charge in [-0.2, -0.15) is 37.0 Å². The predicted molar refractivity (Wildman–Crippen MR) is 393 cm³/mol. The van der Waals surface area contributed by atoms with Crippen LogP contribution in [0.1, 0.15) is 90.5 Å². The minimum Gasteiger partial charge on any atom is -0.508 e. The lowest BCUT2D eigenvalue weighted by atomic mass is 10.0. The molecule has 44 nitrogen and oxygen atoms in total. The molecule has 0 spiro atoms. The number of aliphatic hydroxyl groups is 1. The smallest absolute Gasteiger partial charge is 0.326 e. The normalized spacial score (nSPS) is 15.6. The lowest BCUT2D eigenvalue weighted by molar-refractivity contribution is -0.147. The number of thioether (sulfide) groups is 1. The summed E-state index contributed by atoms with van der Waals surface area (Å²) >= 11 is 9.36. The van der Waals surface area contributed by atoms with Crippen LogP contribution in [0.15, 0.2) is 29.3 Å². The number of thiol groups is 2. The van der Waals surface area contributed by atoms with Gasteiger partial charge in [0.05, 0.1) is 39.0 Å². The van der Waals surface area contributed by atoms with Crippen LogP contribution in [0.5, 0.6) is 5.75 Å². The maximum Gasteiger partial charge on any atom is 0.326 e. The fourth-order valence-corrected chi connectivity index (χ4v) is 11.3. The number of amides is 15. The van der Waals surface area contributed by atoms with Gasteiger partial charge in [0.2, 0.25) is 88.6 Å². The van der Waals surface area contributed by atoms with Crippen molar-refractivity contribution in [2.24, 2.45) is 33.8 Å². The van der Waals surface area contributed by atoms with Crippen LogP contribution in [0, 0.1) is 5.92 Å². The number of hydrogen-bond donors (Lipinski definition) is 25. The number of nitrogens with zero attached hydrogens (tertiary/aromatic N) is 2. The first-order valence-electron chi connectivity index (χ1n) is 33.9. The van der Waals surface area contributed by atoms with E-state index in [1.165, 1.54) is 43.0 Å². The van der Waals surface area contributed by atoms with Crippen LogP contribution in [0.4, 0.5) is 0 Å². The number of aliphatic carboxylic acids is 4. The molecule has 2 rings (SSSR count). The molecule has 1 aromatic carbocycles. The van der Waals surface area contributed by atoms with Gasteiger partial charge in [0.25, 0.3) is 0 Å². The van der Waals surface area contributed by atoms with E-state index in [0.29, 0.717) is 12.0 Å². The molecule has 1 heterocycles. The summed E-state index contributed by atoms with van der Waals surface area (Å²) in [5.74, 6) is -25.2. The molecule has 1 aromatic rings. The van der Waals surface area contributed by atoms with E-state index < -0.39 is 254 Å². The number of rotatable bonds is 50. The molecule has 1 fully saturated rings. The molecule has 0 radical (unpaired) electrons. The largest absolute Gasteiger partial charge is 0.508 e. The number of phenolic OH excluding ortho intramolecular Hbond substituents is 1. The number of phenols is 1. The summed E-state index contributed by atoms with van der Waals surface area (Å²) in [6, 6.07) is -16.4. The van der Waals surface area contributed by atoms with Crippen LogP contribution in [0.2, 0.25) is 0 Å². The van der Waals surface area contributed by atoms with Crippen molar-refractivity contribution in [1.29, 1.82) is 0 Å². The van der Waals surface area contributed by atoms with Crippen LogP contribution in [0.25, 0.3) is 0 Å². The highest BCUT2D eigenvalue weighted by Crippen LogP contribution is 2.19. The van der Waals surface area contributed by atoms with Crippen molar-refractivity contribution in [1.82, 2.24) is 74.0 Å². The lowest BCUT2D eigenvalue weighted by Gasteiger charge is -2.28. The molecule has 0 saturated carbocycles. The van der Waals surface area contributed by atoms with Gasteiger partial charge in [0.1, 0.15) is 84.3 Å². The van der Waals surface area contributed by atoms with E-state index in [4.69, 9.17) is 28.0 Å². The number of carboxylic acid groups (broad SMARTS) is 4. The summed E-state index contributed by atoms with van der Waals surface area (Å²) in [5.41, 5.74) is 22.1. The van der Waals surface area contributed by atoms with Crippen LogP contribution >= 0.6 is 37.0 Å². The number of primary amides is 1. The number of carboxylic acids is 4. The van der Waals surface area contributed by atoms with E-state index in [0.717, 1.165) is 18.7 Å². The summed E-state index contributed by atoms with van der Waals surface area (Å²) < 4.78 is 0.